The molecule has 1 saturated heterocycles. The molecule has 1 unspecified atom stereocenters. The van der Waals surface area contributed by atoms with Gasteiger partial charge in [0, 0.05) is 13.2 Å². The van der Waals surface area contributed by atoms with Crippen molar-refractivity contribution in [2.24, 2.45) is 5.92 Å². The van der Waals surface area contributed by atoms with E-state index < -0.39 is 6.10 Å². The fourth-order valence-corrected chi connectivity index (χ4v) is 2.31. The maximum absolute atomic E-state index is 10.4. The third-order valence-corrected chi connectivity index (χ3v) is 3.38. The van der Waals surface area contributed by atoms with Gasteiger partial charge in [-0.2, -0.15) is 0 Å². The van der Waals surface area contributed by atoms with Crippen molar-refractivity contribution >= 4 is 0 Å². The van der Waals surface area contributed by atoms with Crippen LogP contribution in [0.1, 0.15) is 37.9 Å². The van der Waals surface area contributed by atoms with Crippen LogP contribution < -0.4 is 4.74 Å². The third kappa shape index (κ3) is 3.47. The quantitative estimate of drug-likeness (QED) is 0.873. The van der Waals surface area contributed by atoms with Gasteiger partial charge < -0.3 is 14.6 Å². The van der Waals surface area contributed by atoms with Crippen LogP contribution in [-0.4, -0.2) is 24.9 Å². The van der Waals surface area contributed by atoms with Gasteiger partial charge in [-0.05, 0) is 42.9 Å². The zero-order valence-corrected chi connectivity index (χ0v) is 11.0. The highest BCUT2D eigenvalue weighted by molar-refractivity contribution is 5.30. The van der Waals surface area contributed by atoms with Crippen molar-refractivity contribution in [3.05, 3.63) is 29.8 Å². The Labute approximate surface area is 109 Å². The summed E-state index contributed by atoms with van der Waals surface area (Å²) in [5, 5.41) is 10.4. The van der Waals surface area contributed by atoms with Crippen LogP contribution in [0.2, 0.25) is 0 Å². The minimum atomic E-state index is -0.404. The Morgan fingerprint density at radius 3 is 2.89 bits per heavy atom. The van der Waals surface area contributed by atoms with E-state index in [1.807, 2.05) is 24.3 Å². The molecule has 1 aromatic carbocycles. The molecule has 18 heavy (non-hydrogen) atoms. The number of ether oxygens (including phenoxy) is 2. The van der Waals surface area contributed by atoms with Crippen molar-refractivity contribution in [3.63, 3.8) is 0 Å². The SMILES string of the molecule is CCCOc1cccc(C(O)C2CCOCC2)c1. The molecule has 1 aliphatic heterocycles. The molecular formula is C15H22O3. The van der Waals surface area contributed by atoms with Crippen LogP contribution in [0.25, 0.3) is 0 Å². The van der Waals surface area contributed by atoms with E-state index in [-0.39, 0.29) is 0 Å². The molecule has 0 spiro atoms. The molecule has 1 N–H and O–H groups in total. The predicted molar refractivity (Wildman–Crippen MR) is 70.7 cm³/mol. The first-order chi connectivity index (χ1) is 8.81. The average molecular weight is 250 g/mol. The monoisotopic (exact) mass is 250 g/mol. The van der Waals surface area contributed by atoms with Gasteiger partial charge in [0.15, 0.2) is 0 Å². The summed E-state index contributed by atoms with van der Waals surface area (Å²) in [7, 11) is 0. The second-order valence-electron chi connectivity index (χ2n) is 4.82. The smallest absolute Gasteiger partial charge is 0.119 e. The average Bonchev–Trinajstić information content (AvgIpc) is 2.45. The first-order valence-electron chi connectivity index (χ1n) is 6.80. The second kappa shape index (κ2) is 6.76. The van der Waals surface area contributed by atoms with Gasteiger partial charge in [0.05, 0.1) is 12.7 Å². The van der Waals surface area contributed by atoms with Gasteiger partial charge in [0.2, 0.25) is 0 Å². The maximum Gasteiger partial charge on any atom is 0.119 e. The molecule has 1 aromatic rings. The molecular weight excluding hydrogens is 228 g/mol. The lowest BCUT2D eigenvalue weighted by Gasteiger charge is -2.27. The first kappa shape index (κ1) is 13.4. The highest BCUT2D eigenvalue weighted by Crippen LogP contribution is 2.31. The molecule has 3 nitrogen and oxygen atoms in total. The number of hydrogen-bond donors (Lipinski definition) is 1. The van der Waals surface area contributed by atoms with Gasteiger partial charge in [-0.15, -0.1) is 0 Å². The molecule has 0 amide bonds. The number of hydrogen-bond acceptors (Lipinski definition) is 3. The lowest BCUT2D eigenvalue weighted by atomic mass is 9.89. The van der Waals surface area contributed by atoms with E-state index >= 15 is 0 Å². The van der Waals surface area contributed by atoms with E-state index in [1.165, 1.54) is 0 Å². The lowest BCUT2D eigenvalue weighted by molar-refractivity contribution is 0.00711. The molecule has 1 heterocycles. The van der Waals surface area contributed by atoms with E-state index in [9.17, 15) is 5.11 Å². The van der Waals surface area contributed by atoms with Crippen molar-refractivity contribution < 1.29 is 14.6 Å². The topological polar surface area (TPSA) is 38.7 Å². The standard InChI is InChI=1S/C15H22O3/c1-2-8-18-14-5-3-4-13(11-14)15(16)12-6-9-17-10-7-12/h3-5,11-12,15-16H,2,6-10H2,1H3. The van der Waals surface area contributed by atoms with Gasteiger partial charge in [-0.1, -0.05) is 19.1 Å². The van der Waals surface area contributed by atoms with Gasteiger partial charge in [0.25, 0.3) is 0 Å². The Morgan fingerprint density at radius 1 is 1.39 bits per heavy atom. The van der Waals surface area contributed by atoms with E-state index in [2.05, 4.69) is 6.92 Å². The minimum Gasteiger partial charge on any atom is -0.494 e. The predicted octanol–water partition coefficient (Wildman–Crippen LogP) is 2.94. The first-order valence-corrected chi connectivity index (χ1v) is 6.80. The number of aliphatic hydroxyl groups is 1. The van der Waals surface area contributed by atoms with Gasteiger partial charge in [-0.25, -0.2) is 0 Å². The van der Waals surface area contributed by atoms with E-state index in [0.29, 0.717) is 5.92 Å². The van der Waals surface area contributed by atoms with Crippen LogP contribution in [0, 0.1) is 5.92 Å². The Bertz CT molecular complexity index is 359. The van der Waals surface area contributed by atoms with E-state index in [1.54, 1.807) is 0 Å². The maximum atomic E-state index is 10.4. The van der Waals surface area contributed by atoms with Gasteiger partial charge in [-0.3, -0.25) is 0 Å². The number of aliphatic hydroxyl groups excluding tert-OH is 1. The molecule has 0 aliphatic carbocycles. The van der Waals surface area contributed by atoms with Gasteiger partial charge in [0.1, 0.15) is 5.75 Å². The molecule has 100 valence electrons. The van der Waals surface area contributed by atoms with Crippen molar-refractivity contribution in [1.82, 2.24) is 0 Å². The largest absolute Gasteiger partial charge is 0.494 e. The zero-order valence-electron chi connectivity index (χ0n) is 11.0. The third-order valence-electron chi connectivity index (χ3n) is 3.38. The van der Waals surface area contributed by atoms with Crippen LogP contribution in [0.5, 0.6) is 5.75 Å². The molecule has 1 fully saturated rings. The highest BCUT2D eigenvalue weighted by atomic mass is 16.5. The summed E-state index contributed by atoms with van der Waals surface area (Å²) >= 11 is 0. The normalized spacial score (nSPS) is 18.6. The molecule has 0 radical (unpaired) electrons. The fraction of sp³-hybridized carbons (Fsp3) is 0.600. The molecule has 1 aliphatic rings. The van der Waals surface area contributed by atoms with Crippen LogP contribution in [0.3, 0.4) is 0 Å². The van der Waals surface area contributed by atoms with E-state index in [4.69, 9.17) is 9.47 Å². The fourth-order valence-electron chi connectivity index (χ4n) is 2.31. The molecule has 3 heteroatoms. The summed E-state index contributed by atoms with van der Waals surface area (Å²) in [5.74, 6) is 1.15. The van der Waals surface area contributed by atoms with Crippen molar-refractivity contribution in [2.45, 2.75) is 32.3 Å². The molecule has 2 rings (SSSR count). The Kier molecular flexibility index (Phi) is 5.02. The summed E-state index contributed by atoms with van der Waals surface area (Å²) in [6.07, 6.45) is 2.45. The number of rotatable bonds is 5. The summed E-state index contributed by atoms with van der Waals surface area (Å²) in [6.45, 7) is 4.32. The van der Waals surface area contributed by atoms with E-state index in [0.717, 1.165) is 50.4 Å². The second-order valence-corrected chi connectivity index (χ2v) is 4.82. The van der Waals surface area contributed by atoms with Crippen molar-refractivity contribution in [2.75, 3.05) is 19.8 Å². The summed E-state index contributed by atoms with van der Waals surface area (Å²) in [6, 6.07) is 7.81. The van der Waals surface area contributed by atoms with Crippen LogP contribution in [-0.2, 0) is 4.74 Å². The number of benzene rings is 1. The summed E-state index contributed by atoms with van der Waals surface area (Å²) in [4.78, 5) is 0. The van der Waals surface area contributed by atoms with Crippen LogP contribution in [0.4, 0.5) is 0 Å². The summed E-state index contributed by atoms with van der Waals surface area (Å²) < 4.78 is 10.9. The molecule has 0 bridgehead atoms. The Balaban J connectivity index is 2.02. The lowest BCUT2D eigenvalue weighted by Crippen LogP contribution is -2.21. The van der Waals surface area contributed by atoms with Crippen LogP contribution >= 0.6 is 0 Å². The van der Waals surface area contributed by atoms with Crippen molar-refractivity contribution in [3.8, 4) is 5.75 Å². The van der Waals surface area contributed by atoms with Gasteiger partial charge >= 0.3 is 0 Å². The highest BCUT2D eigenvalue weighted by Gasteiger charge is 2.23. The minimum absolute atomic E-state index is 0.306. The molecule has 0 aromatic heterocycles. The van der Waals surface area contributed by atoms with Crippen LogP contribution in [0.15, 0.2) is 24.3 Å². The molecule has 1 atom stereocenters. The Morgan fingerprint density at radius 2 is 2.17 bits per heavy atom. The zero-order chi connectivity index (χ0) is 12.8. The molecule has 0 saturated carbocycles. The van der Waals surface area contributed by atoms with Crippen molar-refractivity contribution in [1.29, 1.82) is 0 Å². The Hall–Kier alpha value is -1.06. The summed E-state index contributed by atoms with van der Waals surface area (Å²) in [5.41, 5.74) is 0.954.